The maximum absolute atomic E-state index is 6.53. The smallest absolute Gasteiger partial charge is 0.0645 e. The van der Waals surface area contributed by atoms with E-state index in [4.69, 9.17) is 17.3 Å². The first-order valence-electron chi connectivity index (χ1n) is 7.53. The molecule has 0 fully saturated rings. The first kappa shape index (κ1) is 14.4. The van der Waals surface area contributed by atoms with Crippen molar-refractivity contribution in [3.05, 3.63) is 58.6 Å². The zero-order chi connectivity index (χ0) is 14.8. The van der Waals surface area contributed by atoms with E-state index in [0.29, 0.717) is 12.5 Å². The molecule has 21 heavy (non-hydrogen) atoms. The molecular weight excluding hydrogens is 280 g/mol. The molecule has 1 aliphatic heterocycles. The molecule has 0 aromatic heterocycles. The average molecular weight is 301 g/mol. The quantitative estimate of drug-likeness (QED) is 0.922. The molecule has 2 nitrogen and oxygen atoms in total. The standard InChI is InChI=1S/C18H21ClN2/c1-13-10-15-4-2-3-5-17(15)21(12-13)18-7-6-14(8-9-20)11-16(18)19/h2-7,11,13H,8-10,12,20H2,1H3. The number of halogens is 1. The third-order valence-corrected chi connectivity index (χ3v) is 4.38. The molecule has 110 valence electrons. The van der Waals surface area contributed by atoms with E-state index < -0.39 is 0 Å². The molecule has 0 aliphatic carbocycles. The van der Waals surface area contributed by atoms with Gasteiger partial charge in [0.05, 0.1) is 10.7 Å². The van der Waals surface area contributed by atoms with Gasteiger partial charge in [-0.25, -0.2) is 0 Å². The Kier molecular flexibility index (Phi) is 4.18. The number of nitrogens with zero attached hydrogens (tertiary/aromatic N) is 1. The van der Waals surface area contributed by atoms with Gasteiger partial charge in [0, 0.05) is 12.2 Å². The maximum atomic E-state index is 6.53. The van der Waals surface area contributed by atoms with Gasteiger partial charge in [-0.3, -0.25) is 0 Å². The van der Waals surface area contributed by atoms with Crippen LogP contribution in [0.15, 0.2) is 42.5 Å². The van der Waals surface area contributed by atoms with Gasteiger partial charge in [-0.15, -0.1) is 0 Å². The highest BCUT2D eigenvalue weighted by atomic mass is 35.5. The van der Waals surface area contributed by atoms with E-state index in [2.05, 4.69) is 48.2 Å². The van der Waals surface area contributed by atoms with Gasteiger partial charge in [-0.1, -0.05) is 42.8 Å². The molecule has 3 heteroatoms. The summed E-state index contributed by atoms with van der Waals surface area (Å²) in [5.74, 6) is 0.625. The van der Waals surface area contributed by atoms with Crippen molar-refractivity contribution in [3.63, 3.8) is 0 Å². The zero-order valence-corrected chi connectivity index (χ0v) is 13.1. The minimum atomic E-state index is 0.625. The van der Waals surface area contributed by atoms with E-state index in [-0.39, 0.29) is 0 Å². The number of nitrogens with two attached hydrogens (primary N) is 1. The summed E-state index contributed by atoms with van der Waals surface area (Å²) in [5, 5.41) is 0.810. The van der Waals surface area contributed by atoms with Crippen molar-refractivity contribution < 1.29 is 0 Å². The Balaban J connectivity index is 2.00. The Morgan fingerprint density at radius 2 is 2.00 bits per heavy atom. The van der Waals surface area contributed by atoms with E-state index >= 15 is 0 Å². The minimum Gasteiger partial charge on any atom is -0.340 e. The van der Waals surface area contributed by atoms with Crippen molar-refractivity contribution in [2.24, 2.45) is 11.7 Å². The molecule has 1 atom stereocenters. The Morgan fingerprint density at radius 1 is 1.19 bits per heavy atom. The number of para-hydroxylation sites is 1. The highest BCUT2D eigenvalue weighted by Crippen LogP contribution is 2.38. The van der Waals surface area contributed by atoms with Crippen molar-refractivity contribution >= 4 is 23.0 Å². The second kappa shape index (κ2) is 6.08. The topological polar surface area (TPSA) is 29.3 Å². The van der Waals surface area contributed by atoms with Crippen molar-refractivity contribution in [1.82, 2.24) is 0 Å². The Hall–Kier alpha value is -1.51. The fourth-order valence-electron chi connectivity index (χ4n) is 3.12. The normalized spacial score (nSPS) is 17.7. The van der Waals surface area contributed by atoms with Crippen molar-refractivity contribution in [2.45, 2.75) is 19.8 Å². The molecule has 2 N–H and O–H groups in total. The summed E-state index contributed by atoms with van der Waals surface area (Å²) in [4.78, 5) is 2.35. The molecule has 0 saturated heterocycles. The molecule has 0 bridgehead atoms. The molecule has 1 heterocycles. The van der Waals surface area contributed by atoms with Crippen molar-refractivity contribution in [1.29, 1.82) is 0 Å². The first-order chi connectivity index (χ1) is 10.2. The predicted molar refractivity (Wildman–Crippen MR) is 90.5 cm³/mol. The van der Waals surface area contributed by atoms with Gasteiger partial charge < -0.3 is 10.6 Å². The number of rotatable bonds is 3. The van der Waals surface area contributed by atoms with E-state index in [0.717, 1.165) is 30.1 Å². The lowest BCUT2D eigenvalue weighted by Crippen LogP contribution is -2.30. The van der Waals surface area contributed by atoms with Crippen LogP contribution >= 0.6 is 11.6 Å². The summed E-state index contributed by atoms with van der Waals surface area (Å²) in [6.07, 6.45) is 2.00. The van der Waals surface area contributed by atoms with Gasteiger partial charge in [-0.2, -0.15) is 0 Å². The summed E-state index contributed by atoms with van der Waals surface area (Å²) in [5.41, 5.74) is 10.6. The SMILES string of the molecule is CC1Cc2ccccc2N(c2ccc(CCN)cc2Cl)C1. The molecule has 0 spiro atoms. The van der Waals surface area contributed by atoms with Crippen LogP contribution in [0.3, 0.4) is 0 Å². The molecule has 0 radical (unpaired) electrons. The summed E-state index contributed by atoms with van der Waals surface area (Å²) in [6.45, 7) is 3.95. The van der Waals surface area contributed by atoms with Crippen LogP contribution < -0.4 is 10.6 Å². The number of hydrogen-bond donors (Lipinski definition) is 1. The van der Waals surface area contributed by atoms with Crippen LogP contribution in [0, 0.1) is 5.92 Å². The molecule has 0 amide bonds. The van der Waals surface area contributed by atoms with Crippen LogP contribution in [0.1, 0.15) is 18.1 Å². The molecular formula is C18H21ClN2. The Bertz CT molecular complexity index is 639. The predicted octanol–water partition coefficient (Wildman–Crippen LogP) is 4.17. The lowest BCUT2D eigenvalue weighted by Gasteiger charge is -2.35. The third kappa shape index (κ3) is 2.92. The first-order valence-corrected chi connectivity index (χ1v) is 7.90. The summed E-state index contributed by atoms with van der Waals surface area (Å²) in [6, 6.07) is 14.9. The highest BCUT2D eigenvalue weighted by Gasteiger charge is 2.23. The Labute approximate surface area is 131 Å². The van der Waals surface area contributed by atoms with Gasteiger partial charge in [0.15, 0.2) is 0 Å². The zero-order valence-electron chi connectivity index (χ0n) is 12.3. The molecule has 1 aliphatic rings. The average Bonchev–Trinajstić information content (AvgIpc) is 2.47. The lowest BCUT2D eigenvalue weighted by atomic mass is 9.93. The van der Waals surface area contributed by atoms with Crippen LogP contribution in [0.2, 0.25) is 5.02 Å². The van der Waals surface area contributed by atoms with Gasteiger partial charge in [-0.05, 0) is 54.6 Å². The van der Waals surface area contributed by atoms with Crippen LogP contribution in [-0.2, 0) is 12.8 Å². The minimum absolute atomic E-state index is 0.625. The number of anilines is 2. The summed E-state index contributed by atoms with van der Waals surface area (Å²) in [7, 11) is 0. The highest BCUT2D eigenvalue weighted by molar-refractivity contribution is 6.33. The molecule has 3 rings (SSSR count). The largest absolute Gasteiger partial charge is 0.340 e. The van der Waals surface area contributed by atoms with Gasteiger partial charge in [0.25, 0.3) is 0 Å². The molecule has 2 aromatic rings. The number of benzene rings is 2. The second-order valence-electron chi connectivity index (χ2n) is 5.87. The second-order valence-corrected chi connectivity index (χ2v) is 6.28. The Morgan fingerprint density at radius 3 is 2.76 bits per heavy atom. The monoisotopic (exact) mass is 300 g/mol. The van der Waals surface area contributed by atoms with Crippen molar-refractivity contribution in [3.8, 4) is 0 Å². The molecule has 1 unspecified atom stereocenters. The lowest BCUT2D eigenvalue weighted by molar-refractivity contribution is 0.562. The van der Waals surface area contributed by atoms with E-state index in [9.17, 15) is 0 Å². The number of hydrogen-bond acceptors (Lipinski definition) is 2. The fourth-order valence-corrected chi connectivity index (χ4v) is 3.42. The van der Waals surface area contributed by atoms with Gasteiger partial charge in [0.1, 0.15) is 0 Å². The number of fused-ring (bicyclic) bond motifs is 1. The van der Waals surface area contributed by atoms with Crippen molar-refractivity contribution in [2.75, 3.05) is 18.0 Å². The fraction of sp³-hybridized carbons (Fsp3) is 0.333. The summed E-state index contributed by atoms with van der Waals surface area (Å²) >= 11 is 6.53. The maximum Gasteiger partial charge on any atom is 0.0645 e. The van der Waals surface area contributed by atoms with Gasteiger partial charge >= 0.3 is 0 Å². The van der Waals surface area contributed by atoms with Gasteiger partial charge in [0.2, 0.25) is 0 Å². The summed E-state index contributed by atoms with van der Waals surface area (Å²) < 4.78 is 0. The van der Waals surface area contributed by atoms with Crippen LogP contribution in [0.4, 0.5) is 11.4 Å². The third-order valence-electron chi connectivity index (χ3n) is 4.08. The van der Waals surface area contributed by atoms with E-state index in [1.807, 2.05) is 6.07 Å². The van der Waals surface area contributed by atoms with E-state index in [1.165, 1.54) is 16.8 Å². The van der Waals surface area contributed by atoms with E-state index in [1.54, 1.807) is 0 Å². The van der Waals surface area contributed by atoms with Crippen LogP contribution in [-0.4, -0.2) is 13.1 Å². The van der Waals surface area contributed by atoms with Crippen LogP contribution in [0.25, 0.3) is 0 Å². The molecule has 0 saturated carbocycles. The van der Waals surface area contributed by atoms with Crippen LogP contribution in [0.5, 0.6) is 0 Å². The molecule has 2 aromatic carbocycles.